The van der Waals surface area contributed by atoms with Gasteiger partial charge in [0.15, 0.2) is 0 Å². The summed E-state index contributed by atoms with van der Waals surface area (Å²) >= 11 is 4.77. The molecule has 0 amide bonds. The number of anilines is 1. The van der Waals surface area contributed by atoms with Crippen LogP contribution in [0.15, 0.2) is 18.2 Å². The van der Waals surface area contributed by atoms with Crippen molar-refractivity contribution in [2.24, 2.45) is 5.73 Å². The molecule has 1 saturated heterocycles. The van der Waals surface area contributed by atoms with E-state index in [2.05, 4.69) is 0 Å². The van der Waals surface area contributed by atoms with Gasteiger partial charge in [-0.05, 0) is 24.6 Å². The Bertz CT molecular complexity index is 374. The van der Waals surface area contributed by atoms with Gasteiger partial charge in [0, 0.05) is 18.7 Å². The minimum Gasteiger partial charge on any atom is -0.389 e. The van der Waals surface area contributed by atoms with Crippen LogP contribution < -0.4 is 10.6 Å². The predicted octanol–water partition coefficient (Wildman–Crippen LogP) is 1.67. The van der Waals surface area contributed by atoms with Crippen molar-refractivity contribution in [3.63, 3.8) is 0 Å². The number of hydrogen-bond donors (Lipinski definition) is 1. The standard InChI is InChI=1S/C10H11FN2S/c11-8-6-7(10(12)14)2-3-9(8)13-4-1-5-13/h2-3,6H,1,4-5H2,(H2,12,14). The quantitative estimate of drug-likeness (QED) is 0.753. The minimum absolute atomic E-state index is 0.235. The molecular weight excluding hydrogens is 199 g/mol. The number of benzene rings is 1. The number of hydrogen-bond acceptors (Lipinski definition) is 2. The molecule has 1 fully saturated rings. The van der Waals surface area contributed by atoms with Crippen molar-refractivity contribution in [1.82, 2.24) is 0 Å². The Morgan fingerprint density at radius 1 is 1.43 bits per heavy atom. The molecule has 0 aliphatic carbocycles. The Morgan fingerprint density at radius 3 is 2.57 bits per heavy atom. The molecule has 1 aromatic carbocycles. The highest BCUT2D eigenvalue weighted by Crippen LogP contribution is 2.24. The van der Waals surface area contributed by atoms with Gasteiger partial charge < -0.3 is 10.6 Å². The Morgan fingerprint density at radius 2 is 2.14 bits per heavy atom. The fourth-order valence-electron chi connectivity index (χ4n) is 1.47. The Kier molecular flexibility index (Phi) is 2.37. The summed E-state index contributed by atoms with van der Waals surface area (Å²) < 4.78 is 13.5. The molecule has 0 atom stereocenters. The molecule has 4 heteroatoms. The van der Waals surface area contributed by atoms with E-state index in [0.717, 1.165) is 19.5 Å². The van der Waals surface area contributed by atoms with E-state index in [9.17, 15) is 4.39 Å². The second-order valence-electron chi connectivity index (χ2n) is 3.37. The zero-order valence-electron chi connectivity index (χ0n) is 7.66. The highest BCUT2D eigenvalue weighted by Gasteiger charge is 2.18. The van der Waals surface area contributed by atoms with Crippen LogP contribution in [-0.4, -0.2) is 18.1 Å². The Hall–Kier alpha value is -1.16. The largest absolute Gasteiger partial charge is 0.389 e. The summed E-state index contributed by atoms with van der Waals surface area (Å²) in [7, 11) is 0. The maximum Gasteiger partial charge on any atom is 0.147 e. The van der Waals surface area contributed by atoms with E-state index < -0.39 is 0 Å². The molecule has 0 unspecified atom stereocenters. The molecule has 1 aromatic rings. The first-order valence-electron chi connectivity index (χ1n) is 4.53. The SMILES string of the molecule is NC(=S)c1ccc(N2CCC2)c(F)c1. The lowest BCUT2D eigenvalue weighted by molar-refractivity contribution is 0.573. The molecule has 1 aliphatic heterocycles. The van der Waals surface area contributed by atoms with Crippen molar-refractivity contribution in [2.45, 2.75) is 6.42 Å². The molecular formula is C10H11FN2S. The summed E-state index contributed by atoms with van der Waals surface area (Å²) in [5, 5.41) is 0. The summed E-state index contributed by atoms with van der Waals surface area (Å²) in [6.07, 6.45) is 1.14. The maximum absolute atomic E-state index is 13.5. The fraction of sp³-hybridized carbons (Fsp3) is 0.300. The lowest BCUT2D eigenvalue weighted by Gasteiger charge is -2.33. The molecule has 1 heterocycles. The number of rotatable bonds is 2. The Balaban J connectivity index is 2.30. The van der Waals surface area contributed by atoms with Gasteiger partial charge in [0.2, 0.25) is 0 Å². The van der Waals surface area contributed by atoms with E-state index in [1.54, 1.807) is 12.1 Å². The number of nitrogens with two attached hydrogens (primary N) is 1. The number of thiocarbonyl (C=S) groups is 1. The van der Waals surface area contributed by atoms with E-state index in [1.807, 2.05) is 4.90 Å². The molecule has 1 aliphatic rings. The van der Waals surface area contributed by atoms with Crippen molar-refractivity contribution >= 4 is 22.9 Å². The van der Waals surface area contributed by atoms with Gasteiger partial charge in [-0.25, -0.2) is 4.39 Å². The zero-order valence-corrected chi connectivity index (χ0v) is 8.48. The molecule has 0 saturated carbocycles. The van der Waals surface area contributed by atoms with Crippen molar-refractivity contribution in [3.05, 3.63) is 29.6 Å². The molecule has 0 radical (unpaired) electrons. The number of halogens is 1. The van der Waals surface area contributed by atoms with Crippen molar-refractivity contribution in [2.75, 3.05) is 18.0 Å². The highest BCUT2D eigenvalue weighted by atomic mass is 32.1. The normalized spacial score (nSPS) is 15.1. The molecule has 2 nitrogen and oxygen atoms in total. The third-order valence-electron chi connectivity index (χ3n) is 2.43. The third kappa shape index (κ3) is 1.57. The van der Waals surface area contributed by atoms with Gasteiger partial charge in [-0.15, -0.1) is 0 Å². The van der Waals surface area contributed by atoms with Gasteiger partial charge in [-0.3, -0.25) is 0 Å². The van der Waals surface area contributed by atoms with Crippen LogP contribution in [0.5, 0.6) is 0 Å². The van der Waals surface area contributed by atoms with E-state index in [-0.39, 0.29) is 10.8 Å². The Labute approximate surface area is 87.5 Å². The van der Waals surface area contributed by atoms with Crippen LogP contribution in [-0.2, 0) is 0 Å². The van der Waals surface area contributed by atoms with Gasteiger partial charge in [0.1, 0.15) is 10.8 Å². The summed E-state index contributed by atoms with van der Waals surface area (Å²) in [5.41, 5.74) is 6.64. The van der Waals surface area contributed by atoms with E-state index in [1.165, 1.54) is 6.07 Å². The lowest BCUT2D eigenvalue weighted by atomic mass is 10.1. The molecule has 2 rings (SSSR count). The monoisotopic (exact) mass is 210 g/mol. The van der Waals surface area contributed by atoms with Crippen molar-refractivity contribution in [3.8, 4) is 0 Å². The average molecular weight is 210 g/mol. The van der Waals surface area contributed by atoms with Gasteiger partial charge >= 0.3 is 0 Å². The van der Waals surface area contributed by atoms with Gasteiger partial charge in [0.05, 0.1) is 5.69 Å². The van der Waals surface area contributed by atoms with E-state index in [0.29, 0.717) is 11.3 Å². The van der Waals surface area contributed by atoms with Crippen LogP contribution in [0, 0.1) is 5.82 Å². The highest BCUT2D eigenvalue weighted by molar-refractivity contribution is 7.80. The van der Waals surface area contributed by atoms with E-state index >= 15 is 0 Å². The molecule has 74 valence electrons. The first-order valence-corrected chi connectivity index (χ1v) is 4.93. The molecule has 0 bridgehead atoms. The first-order chi connectivity index (χ1) is 6.68. The zero-order chi connectivity index (χ0) is 10.1. The van der Waals surface area contributed by atoms with Crippen LogP contribution >= 0.6 is 12.2 Å². The maximum atomic E-state index is 13.5. The minimum atomic E-state index is -0.241. The summed E-state index contributed by atoms with van der Waals surface area (Å²) in [6, 6.07) is 4.90. The number of nitrogens with zero attached hydrogens (tertiary/aromatic N) is 1. The van der Waals surface area contributed by atoms with E-state index in [4.69, 9.17) is 18.0 Å². The van der Waals surface area contributed by atoms with Gasteiger partial charge in [-0.1, -0.05) is 12.2 Å². The lowest BCUT2D eigenvalue weighted by Crippen LogP contribution is -2.37. The summed E-state index contributed by atoms with van der Waals surface area (Å²) in [6.45, 7) is 1.87. The smallest absolute Gasteiger partial charge is 0.147 e. The third-order valence-corrected chi connectivity index (χ3v) is 2.66. The molecule has 0 spiro atoms. The van der Waals surface area contributed by atoms with Crippen LogP contribution in [0.25, 0.3) is 0 Å². The molecule has 0 aromatic heterocycles. The fourth-order valence-corrected chi connectivity index (χ4v) is 1.60. The topological polar surface area (TPSA) is 29.3 Å². The predicted molar refractivity (Wildman–Crippen MR) is 59.1 cm³/mol. The average Bonchev–Trinajstić information content (AvgIpc) is 2.04. The van der Waals surface area contributed by atoms with Crippen LogP contribution in [0.4, 0.5) is 10.1 Å². The van der Waals surface area contributed by atoms with Crippen molar-refractivity contribution in [1.29, 1.82) is 0 Å². The molecule has 2 N–H and O–H groups in total. The van der Waals surface area contributed by atoms with Crippen LogP contribution in [0.3, 0.4) is 0 Å². The second kappa shape index (κ2) is 3.53. The van der Waals surface area contributed by atoms with Gasteiger partial charge in [-0.2, -0.15) is 0 Å². The van der Waals surface area contributed by atoms with Gasteiger partial charge in [0.25, 0.3) is 0 Å². The summed E-state index contributed by atoms with van der Waals surface area (Å²) in [5.74, 6) is -0.241. The van der Waals surface area contributed by atoms with Crippen molar-refractivity contribution < 1.29 is 4.39 Å². The second-order valence-corrected chi connectivity index (χ2v) is 3.81. The van der Waals surface area contributed by atoms with Crippen LogP contribution in [0.2, 0.25) is 0 Å². The first kappa shape index (κ1) is 9.40. The summed E-state index contributed by atoms with van der Waals surface area (Å²) in [4.78, 5) is 2.23. The van der Waals surface area contributed by atoms with Crippen LogP contribution in [0.1, 0.15) is 12.0 Å². The molecule has 14 heavy (non-hydrogen) atoms.